The van der Waals surface area contributed by atoms with Gasteiger partial charge in [0.05, 0.1) is 18.9 Å². The van der Waals surface area contributed by atoms with Gasteiger partial charge in [0.25, 0.3) is 0 Å². The Morgan fingerprint density at radius 2 is 2.20 bits per heavy atom. The van der Waals surface area contributed by atoms with Crippen molar-refractivity contribution in [3.05, 3.63) is 49.1 Å². The summed E-state index contributed by atoms with van der Waals surface area (Å²) in [6.45, 7) is 5.61. The van der Waals surface area contributed by atoms with Gasteiger partial charge in [-0.2, -0.15) is 0 Å². The normalized spacial score (nSPS) is 21.2. The summed E-state index contributed by atoms with van der Waals surface area (Å²) in [6, 6.07) is 10.3. The van der Waals surface area contributed by atoms with E-state index in [0.717, 1.165) is 37.8 Å². The Morgan fingerprint density at radius 1 is 1.36 bits per heavy atom. The van der Waals surface area contributed by atoms with E-state index in [0.29, 0.717) is 18.6 Å². The third-order valence-corrected chi connectivity index (χ3v) is 4.73. The second-order valence-corrected chi connectivity index (χ2v) is 6.42. The Hall–Kier alpha value is -2.50. The van der Waals surface area contributed by atoms with Crippen LogP contribution in [0, 0.1) is 5.92 Å². The number of piperidine rings is 1. The van der Waals surface area contributed by atoms with E-state index in [-0.39, 0.29) is 0 Å². The van der Waals surface area contributed by atoms with Gasteiger partial charge in [-0.05, 0) is 24.5 Å². The average molecular weight is 341 g/mol. The maximum Gasteiger partial charge on any atom is 0.193 e. The number of aliphatic imine (C=N–C) groups is 1. The fourth-order valence-corrected chi connectivity index (χ4v) is 3.28. The van der Waals surface area contributed by atoms with Crippen LogP contribution in [0.2, 0.25) is 0 Å². The second-order valence-electron chi connectivity index (χ2n) is 6.42. The Labute approximate surface area is 149 Å². The molecule has 0 saturated carbocycles. The predicted molar refractivity (Wildman–Crippen MR) is 99.9 cm³/mol. The van der Waals surface area contributed by atoms with E-state index in [9.17, 15) is 0 Å². The monoisotopic (exact) mass is 341 g/mol. The molecule has 0 radical (unpaired) electrons. The first-order valence-electron chi connectivity index (χ1n) is 8.89. The lowest BCUT2D eigenvalue weighted by atomic mass is 9.93. The van der Waals surface area contributed by atoms with Crippen molar-refractivity contribution < 1.29 is 4.74 Å². The Morgan fingerprint density at radius 3 is 2.92 bits per heavy atom. The third-order valence-electron chi connectivity index (χ3n) is 4.73. The van der Waals surface area contributed by atoms with Gasteiger partial charge in [-0.25, -0.2) is 4.98 Å². The molecule has 1 N–H and O–H groups in total. The number of hydrogen-bond donors (Lipinski definition) is 1. The summed E-state index contributed by atoms with van der Waals surface area (Å²) in [6.07, 6.45) is 6.95. The van der Waals surface area contributed by atoms with Crippen molar-refractivity contribution >= 4 is 5.96 Å². The van der Waals surface area contributed by atoms with Gasteiger partial charge in [0, 0.05) is 32.5 Å². The van der Waals surface area contributed by atoms with Crippen LogP contribution in [-0.2, 0) is 0 Å². The topological polar surface area (TPSA) is 54.7 Å². The fraction of sp³-hybridized carbons (Fsp3) is 0.474. The average Bonchev–Trinajstić information content (AvgIpc) is 3.18. The zero-order valence-electron chi connectivity index (χ0n) is 15.0. The Kier molecular flexibility index (Phi) is 5.93. The van der Waals surface area contributed by atoms with E-state index in [1.54, 1.807) is 0 Å². The summed E-state index contributed by atoms with van der Waals surface area (Å²) in [5.74, 6) is 2.46. The van der Waals surface area contributed by atoms with Crippen LogP contribution in [0.3, 0.4) is 0 Å². The Balaban J connectivity index is 1.50. The number of nitrogens with one attached hydrogen (secondary N) is 1. The highest BCUT2D eigenvalue weighted by molar-refractivity contribution is 5.80. The van der Waals surface area contributed by atoms with E-state index in [1.807, 2.05) is 49.9 Å². The molecule has 1 aliphatic rings. The van der Waals surface area contributed by atoms with E-state index >= 15 is 0 Å². The van der Waals surface area contributed by atoms with Gasteiger partial charge in [-0.1, -0.05) is 25.1 Å². The minimum absolute atomic E-state index is 0.426. The molecule has 1 aromatic carbocycles. The minimum atomic E-state index is 0.426. The van der Waals surface area contributed by atoms with Crippen LogP contribution in [0.5, 0.6) is 5.75 Å². The van der Waals surface area contributed by atoms with Crippen molar-refractivity contribution in [1.29, 1.82) is 0 Å². The summed E-state index contributed by atoms with van der Waals surface area (Å²) in [5, 5.41) is 3.42. The lowest BCUT2D eigenvalue weighted by Crippen LogP contribution is -2.49. The summed E-state index contributed by atoms with van der Waals surface area (Å²) in [5.41, 5.74) is 0. The highest BCUT2D eigenvalue weighted by atomic mass is 16.5. The summed E-state index contributed by atoms with van der Waals surface area (Å²) < 4.78 is 7.95. The molecule has 2 heterocycles. The van der Waals surface area contributed by atoms with E-state index in [4.69, 9.17) is 4.74 Å². The smallest absolute Gasteiger partial charge is 0.193 e. The largest absolute Gasteiger partial charge is 0.492 e. The first-order valence-corrected chi connectivity index (χ1v) is 8.89. The minimum Gasteiger partial charge on any atom is -0.492 e. The van der Waals surface area contributed by atoms with Crippen LogP contribution < -0.4 is 10.1 Å². The van der Waals surface area contributed by atoms with Gasteiger partial charge in [-0.3, -0.25) is 4.99 Å². The molecule has 0 spiro atoms. The molecule has 2 atom stereocenters. The second kappa shape index (κ2) is 8.55. The van der Waals surface area contributed by atoms with Crippen molar-refractivity contribution in [2.45, 2.75) is 19.4 Å². The standard InChI is InChI=1S/C19H27N5O/c1-16-8-11-23(14-18(16)24-12-9-21-15-24)19(20-2)22-10-13-25-17-6-4-3-5-7-17/h3-7,9,12,15-16,18H,8,10-11,13-14H2,1-2H3,(H,20,22). The van der Waals surface area contributed by atoms with Crippen molar-refractivity contribution in [3.8, 4) is 5.75 Å². The molecule has 1 saturated heterocycles. The van der Waals surface area contributed by atoms with Gasteiger partial charge in [0.15, 0.2) is 5.96 Å². The van der Waals surface area contributed by atoms with Crippen LogP contribution in [0.4, 0.5) is 0 Å². The first kappa shape index (κ1) is 17.3. The van der Waals surface area contributed by atoms with Crippen LogP contribution >= 0.6 is 0 Å². The molecule has 25 heavy (non-hydrogen) atoms. The van der Waals surface area contributed by atoms with E-state index in [2.05, 4.69) is 37.9 Å². The number of ether oxygens (including phenoxy) is 1. The molecule has 2 unspecified atom stereocenters. The van der Waals surface area contributed by atoms with Crippen molar-refractivity contribution in [2.24, 2.45) is 10.9 Å². The number of imidazole rings is 1. The van der Waals surface area contributed by atoms with Crippen LogP contribution in [0.25, 0.3) is 0 Å². The molecule has 0 aliphatic carbocycles. The molecule has 2 aromatic rings. The number of benzene rings is 1. The molecular formula is C19H27N5O. The molecule has 1 aromatic heterocycles. The number of aromatic nitrogens is 2. The van der Waals surface area contributed by atoms with Crippen molar-refractivity contribution in [3.63, 3.8) is 0 Å². The van der Waals surface area contributed by atoms with Gasteiger partial charge in [0.1, 0.15) is 12.4 Å². The molecule has 6 heteroatoms. The highest BCUT2D eigenvalue weighted by Gasteiger charge is 2.28. The van der Waals surface area contributed by atoms with Gasteiger partial charge >= 0.3 is 0 Å². The zero-order chi connectivity index (χ0) is 17.5. The SMILES string of the molecule is CN=C(NCCOc1ccccc1)N1CCC(C)C(n2ccnc2)C1. The number of guanidine groups is 1. The Bertz CT molecular complexity index is 656. The molecular weight excluding hydrogens is 314 g/mol. The maximum absolute atomic E-state index is 5.74. The number of rotatable bonds is 5. The lowest BCUT2D eigenvalue weighted by Gasteiger charge is -2.39. The quantitative estimate of drug-likeness (QED) is 0.515. The van der Waals surface area contributed by atoms with Gasteiger partial charge in [0.2, 0.25) is 0 Å². The molecule has 0 amide bonds. The molecule has 134 valence electrons. The number of para-hydroxylation sites is 1. The fourth-order valence-electron chi connectivity index (χ4n) is 3.28. The number of nitrogens with zero attached hydrogens (tertiary/aromatic N) is 4. The third kappa shape index (κ3) is 4.53. The highest BCUT2D eigenvalue weighted by Crippen LogP contribution is 2.27. The lowest BCUT2D eigenvalue weighted by molar-refractivity contribution is 0.188. The summed E-state index contributed by atoms with van der Waals surface area (Å²) in [7, 11) is 1.84. The van der Waals surface area contributed by atoms with Gasteiger partial charge < -0.3 is 19.5 Å². The van der Waals surface area contributed by atoms with E-state index in [1.165, 1.54) is 0 Å². The summed E-state index contributed by atoms with van der Waals surface area (Å²) >= 11 is 0. The first-order chi connectivity index (χ1) is 12.3. The van der Waals surface area contributed by atoms with Crippen LogP contribution in [-0.4, -0.2) is 53.7 Å². The molecule has 1 fully saturated rings. The molecule has 6 nitrogen and oxygen atoms in total. The predicted octanol–water partition coefficient (Wildman–Crippen LogP) is 2.42. The molecule has 1 aliphatic heterocycles. The summed E-state index contributed by atoms with van der Waals surface area (Å²) in [4.78, 5) is 11.0. The maximum atomic E-state index is 5.74. The number of hydrogen-bond acceptors (Lipinski definition) is 3. The molecule has 0 bridgehead atoms. The van der Waals surface area contributed by atoms with Crippen LogP contribution in [0.1, 0.15) is 19.4 Å². The van der Waals surface area contributed by atoms with Gasteiger partial charge in [-0.15, -0.1) is 0 Å². The molecule has 3 rings (SSSR count). The van der Waals surface area contributed by atoms with Crippen molar-refractivity contribution in [1.82, 2.24) is 19.8 Å². The zero-order valence-corrected chi connectivity index (χ0v) is 15.0. The number of likely N-dealkylation sites (tertiary alicyclic amines) is 1. The van der Waals surface area contributed by atoms with E-state index < -0.39 is 0 Å². The van der Waals surface area contributed by atoms with Crippen molar-refractivity contribution in [2.75, 3.05) is 33.3 Å². The van der Waals surface area contributed by atoms with Crippen LogP contribution in [0.15, 0.2) is 54.0 Å².